The van der Waals surface area contributed by atoms with Crippen LogP contribution in [0.3, 0.4) is 0 Å². The molecular formula is C30H29N3O4. The lowest BCUT2D eigenvalue weighted by molar-refractivity contribution is -0.102. The first-order valence-corrected chi connectivity index (χ1v) is 12.7. The number of carbonyl (C=O) groups excluding carboxylic acids is 1. The molecule has 6 rings (SSSR count). The highest BCUT2D eigenvalue weighted by Gasteiger charge is 2.16. The summed E-state index contributed by atoms with van der Waals surface area (Å²) >= 11 is 0. The Morgan fingerprint density at radius 2 is 1.51 bits per heavy atom. The number of fused-ring (bicyclic) bond motifs is 1. The highest BCUT2D eigenvalue weighted by molar-refractivity contribution is 6.43. The Bertz CT molecular complexity index is 1470. The first-order valence-electron chi connectivity index (χ1n) is 12.7. The van der Waals surface area contributed by atoms with Crippen molar-refractivity contribution < 1.29 is 19.4 Å². The smallest absolute Gasteiger partial charge is 0.168 e. The quantitative estimate of drug-likeness (QED) is 0.549. The van der Waals surface area contributed by atoms with Crippen LogP contribution < -0.4 is 20.2 Å². The standard InChI is InChI=1S/C30H29N3O4/c34-20-24-16-23-18-27(21-4-6-25(7-5-21)32-8-12-36-13-9-32)28(19-29(23)31-24)30(35)22-2-1-3-26(17-22)33-10-14-37-15-11-33/h1-7,16-20,35H,8-15H2. The van der Waals surface area contributed by atoms with Gasteiger partial charge in [-0.05, 0) is 53.6 Å². The number of carbonyl (C=O) groups is 1. The molecule has 0 unspecified atom stereocenters. The van der Waals surface area contributed by atoms with Crippen molar-refractivity contribution in [1.82, 2.24) is 0 Å². The van der Waals surface area contributed by atoms with Crippen LogP contribution in [0.1, 0.15) is 5.56 Å². The fraction of sp³-hybridized carbons (Fsp3) is 0.267. The van der Waals surface area contributed by atoms with E-state index in [1.54, 1.807) is 6.08 Å². The second kappa shape index (κ2) is 10.2. The Labute approximate surface area is 215 Å². The maximum atomic E-state index is 11.6. The van der Waals surface area contributed by atoms with Crippen LogP contribution in [0.2, 0.25) is 0 Å². The molecule has 7 heteroatoms. The van der Waals surface area contributed by atoms with Crippen molar-refractivity contribution in [2.75, 3.05) is 62.4 Å². The Balaban J connectivity index is 1.45. The van der Waals surface area contributed by atoms with Gasteiger partial charge in [-0.2, -0.15) is 0 Å². The number of nitrogens with zero attached hydrogens (tertiary/aromatic N) is 3. The van der Waals surface area contributed by atoms with Crippen molar-refractivity contribution in [3.8, 4) is 11.1 Å². The van der Waals surface area contributed by atoms with E-state index in [0.717, 1.165) is 79.0 Å². The van der Waals surface area contributed by atoms with Crippen LogP contribution in [0.4, 0.5) is 17.1 Å². The second-order valence-electron chi connectivity index (χ2n) is 9.40. The molecule has 3 aromatic carbocycles. The molecule has 7 nitrogen and oxygen atoms in total. The van der Waals surface area contributed by atoms with Crippen LogP contribution in [-0.4, -0.2) is 69.7 Å². The molecule has 0 aromatic heterocycles. The van der Waals surface area contributed by atoms with E-state index in [1.165, 1.54) is 0 Å². The molecule has 0 spiro atoms. The molecule has 37 heavy (non-hydrogen) atoms. The van der Waals surface area contributed by atoms with Gasteiger partial charge in [0.15, 0.2) is 6.29 Å². The number of aliphatic imine (C=N–C) groups is 1. The molecule has 0 radical (unpaired) electrons. The van der Waals surface area contributed by atoms with Crippen LogP contribution in [0, 0.1) is 0 Å². The third-order valence-corrected chi connectivity index (χ3v) is 7.15. The third kappa shape index (κ3) is 4.75. The number of benzene rings is 3. The van der Waals surface area contributed by atoms with E-state index in [1.807, 2.05) is 30.3 Å². The fourth-order valence-corrected chi connectivity index (χ4v) is 5.14. The van der Waals surface area contributed by atoms with E-state index in [9.17, 15) is 9.90 Å². The summed E-state index contributed by atoms with van der Waals surface area (Å²) in [5.41, 5.74) is 5.88. The minimum atomic E-state index is 0.180. The number of aliphatic hydroxyl groups is 1. The van der Waals surface area contributed by atoms with Crippen LogP contribution in [0.25, 0.3) is 23.0 Å². The van der Waals surface area contributed by atoms with Crippen LogP contribution in [0.5, 0.6) is 0 Å². The summed E-state index contributed by atoms with van der Waals surface area (Å²) in [5, 5.41) is 13.1. The van der Waals surface area contributed by atoms with Crippen LogP contribution in [-0.2, 0) is 14.3 Å². The number of ether oxygens (including phenoxy) is 2. The Morgan fingerprint density at radius 1 is 0.838 bits per heavy atom. The largest absolute Gasteiger partial charge is 0.507 e. The zero-order valence-corrected chi connectivity index (χ0v) is 20.6. The molecule has 0 bridgehead atoms. The number of anilines is 2. The topological polar surface area (TPSA) is 74.6 Å². The summed E-state index contributed by atoms with van der Waals surface area (Å²) in [6, 6.07) is 20.3. The normalized spacial score (nSPS) is 18.1. The maximum Gasteiger partial charge on any atom is 0.168 e. The molecular weight excluding hydrogens is 466 g/mol. The Hall–Kier alpha value is -3.94. The van der Waals surface area contributed by atoms with Crippen molar-refractivity contribution in [3.05, 3.63) is 76.7 Å². The molecule has 3 aromatic rings. The van der Waals surface area contributed by atoms with Gasteiger partial charge in [0.2, 0.25) is 0 Å². The fourth-order valence-electron chi connectivity index (χ4n) is 5.14. The minimum Gasteiger partial charge on any atom is -0.507 e. The van der Waals surface area contributed by atoms with Crippen molar-refractivity contribution in [3.63, 3.8) is 0 Å². The molecule has 0 saturated carbocycles. The van der Waals surface area contributed by atoms with Crippen molar-refractivity contribution in [2.45, 2.75) is 0 Å². The van der Waals surface area contributed by atoms with Gasteiger partial charge in [0.1, 0.15) is 11.5 Å². The SMILES string of the molecule is O=CC1=Nc2cc(=C(O)c3cccc(N4CCOCC4)c3)c(-c3ccc(N4CCOCC4)cc3)cc2=C1. The second-order valence-corrected chi connectivity index (χ2v) is 9.40. The predicted octanol–water partition coefficient (Wildman–Crippen LogP) is 2.81. The van der Waals surface area contributed by atoms with Gasteiger partial charge < -0.3 is 24.4 Å². The maximum absolute atomic E-state index is 11.6. The van der Waals surface area contributed by atoms with E-state index in [-0.39, 0.29) is 5.76 Å². The van der Waals surface area contributed by atoms with Crippen molar-refractivity contribution in [2.24, 2.45) is 4.99 Å². The van der Waals surface area contributed by atoms with Gasteiger partial charge in [0.25, 0.3) is 0 Å². The molecule has 3 aliphatic heterocycles. The molecule has 2 saturated heterocycles. The number of rotatable bonds is 5. The Kier molecular flexibility index (Phi) is 6.47. The van der Waals surface area contributed by atoms with Crippen molar-refractivity contribution >= 4 is 40.9 Å². The highest BCUT2D eigenvalue weighted by Crippen LogP contribution is 2.25. The summed E-state index contributed by atoms with van der Waals surface area (Å²) in [4.78, 5) is 20.4. The molecule has 3 aliphatic rings. The first-order chi connectivity index (χ1) is 18.2. The van der Waals surface area contributed by atoms with E-state index < -0.39 is 0 Å². The molecule has 3 heterocycles. The van der Waals surface area contributed by atoms with Crippen LogP contribution in [0.15, 0.2) is 65.7 Å². The summed E-state index contributed by atoms with van der Waals surface area (Å²) in [6.07, 6.45) is 2.54. The van der Waals surface area contributed by atoms with Gasteiger partial charge in [0, 0.05) is 53.6 Å². The minimum absolute atomic E-state index is 0.180. The van der Waals surface area contributed by atoms with E-state index in [0.29, 0.717) is 29.8 Å². The van der Waals surface area contributed by atoms with E-state index in [4.69, 9.17) is 9.47 Å². The van der Waals surface area contributed by atoms with E-state index >= 15 is 0 Å². The van der Waals surface area contributed by atoms with Crippen LogP contribution >= 0.6 is 0 Å². The highest BCUT2D eigenvalue weighted by atomic mass is 16.5. The molecule has 188 valence electrons. The number of hydrogen-bond donors (Lipinski definition) is 1. The Morgan fingerprint density at radius 3 is 2.19 bits per heavy atom. The van der Waals surface area contributed by atoms with Crippen molar-refractivity contribution in [1.29, 1.82) is 0 Å². The van der Waals surface area contributed by atoms with Gasteiger partial charge in [-0.15, -0.1) is 0 Å². The lowest BCUT2D eigenvalue weighted by Crippen LogP contribution is -2.36. The summed E-state index contributed by atoms with van der Waals surface area (Å²) in [5.74, 6) is 0.180. The van der Waals surface area contributed by atoms with Gasteiger partial charge in [-0.1, -0.05) is 24.3 Å². The van der Waals surface area contributed by atoms with Gasteiger partial charge in [0.05, 0.1) is 32.1 Å². The van der Waals surface area contributed by atoms with E-state index in [2.05, 4.69) is 45.1 Å². The molecule has 0 amide bonds. The monoisotopic (exact) mass is 495 g/mol. The average Bonchev–Trinajstić information content (AvgIpc) is 3.39. The molecule has 0 aliphatic carbocycles. The molecule has 1 N–H and O–H groups in total. The first kappa shape index (κ1) is 23.5. The van der Waals surface area contributed by atoms with Gasteiger partial charge >= 0.3 is 0 Å². The zero-order valence-electron chi connectivity index (χ0n) is 20.6. The summed E-state index contributed by atoms with van der Waals surface area (Å²) < 4.78 is 11.0. The number of aliphatic hydroxyl groups excluding tert-OH is 1. The predicted molar refractivity (Wildman–Crippen MR) is 146 cm³/mol. The van der Waals surface area contributed by atoms with Gasteiger partial charge in [-0.25, -0.2) is 4.99 Å². The lowest BCUT2D eigenvalue weighted by atomic mass is 9.98. The summed E-state index contributed by atoms with van der Waals surface area (Å²) in [7, 11) is 0. The lowest BCUT2D eigenvalue weighted by Gasteiger charge is -2.29. The molecule has 0 atom stereocenters. The molecule has 2 fully saturated rings. The summed E-state index contributed by atoms with van der Waals surface area (Å²) in [6.45, 7) is 6.25. The zero-order chi connectivity index (χ0) is 25.2. The number of aldehydes is 1. The van der Waals surface area contributed by atoms with Gasteiger partial charge in [-0.3, -0.25) is 4.79 Å². The number of morpholine rings is 2. The average molecular weight is 496 g/mol. The number of hydrogen-bond acceptors (Lipinski definition) is 7. The third-order valence-electron chi connectivity index (χ3n) is 7.15.